The largest absolute Gasteiger partial charge is 0.474 e. The lowest BCUT2D eigenvalue weighted by Crippen LogP contribution is -2.57. The van der Waals surface area contributed by atoms with Gasteiger partial charge in [0.05, 0.1) is 11.7 Å². The molecule has 3 aromatic heterocycles. The zero-order valence-electron chi connectivity index (χ0n) is 15.5. The number of pyridine rings is 1. The Bertz CT molecular complexity index is 1050. The molecule has 0 aromatic carbocycles. The molecule has 0 amide bonds. The molecule has 1 fully saturated rings. The van der Waals surface area contributed by atoms with E-state index in [1.807, 2.05) is 17.5 Å². The minimum atomic E-state index is 0.251. The fourth-order valence-electron chi connectivity index (χ4n) is 3.69. The van der Waals surface area contributed by atoms with Crippen molar-refractivity contribution in [3.8, 4) is 11.9 Å². The van der Waals surface area contributed by atoms with Crippen molar-refractivity contribution in [2.24, 2.45) is 0 Å². The molecule has 3 aromatic rings. The summed E-state index contributed by atoms with van der Waals surface area (Å²) in [6, 6.07) is 7.96. The highest BCUT2D eigenvalue weighted by molar-refractivity contribution is 7.13. The molecule has 29 heavy (non-hydrogen) atoms. The third-order valence-corrected chi connectivity index (χ3v) is 5.71. The topological polar surface area (TPSA) is 103 Å². The summed E-state index contributed by atoms with van der Waals surface area (Å²) in [5.41, 5.74) is 2.31. The van der Waals surface area contributed by atoms with E-state index in [9.17, 15) is 0 Å². The van der Waals surface area contributed by atoms with Gasteiger partial charge in [-0.25, -0.2) is 19.9 Å². The Morgan fingerprint density at radius 2 is 2.24 bits per heavy atom. The van der Waals surface area contributed by atoms with Crippen molar-refractivity contribution in [1.82, 2.24) is 24.8 Å². The first-order valence-corrected chi connectivity index (χ1v) is 10.2. The number of nitrogens with zero attached hydrogens (tertiary/aromatic N) is 7. The van der Waals surface area contributed by atoms with Crippen LogP contribution in [0.15, 0.2) is 36.1 Å². The fourth-order valence-corrected chi connectivity index (χ4v) is 4.23. The first kappa shape index (κ1) is 17.8. The molecule has 1 unspecified atom stereocenters. The van der Waals surface area contributed by atoms with Gasteiger partial charge in [0.25, 0.3) is 0 Å². The van der Waals surface area contributed by atoms with Crippen molar-refractivity contribution >= 4 is 28.0 Å². The lowest BCUT2D eigenvalue weighted by molar-refractivity contribution is 0.157. The van der Waals surface area contributed by atoms with Crippen LogP contribution in [-0.4, -0.2) is 57.1 Å². The average molecular weight is 406 g/mol. The molecule has 0 saturated carbocycles. The van der Waals surface area contributed by atoms with Gasteiger partial charge in [-0.3, -0.25) is 4.90 Å². The van der Waals surface area contributed by atoms with E-state index in [0.717, 1.165) is 48.5 Å². The third-order valence-electron chi connectivity index (χ3n) is 5.02. The first-order valence-electron chi connectivity index (χ1n) is 9.29. The summed E-state index contributed by atoms with van der Waals surface area (Å²) in [5, 5.41) is 15.0. The number of nitriles is 1. The van der Waals surface area contributed by atoms with Crippen LogP contribution in [0.4, 0.5) is 16.6 Å². The van der Waals surface area contributed by atoms with Gasteiger partial charge in [0.15, 0.2) is 5.13 Å². The van der Waals surface area contributed by atoms with E-state index in [4.69, 9.17) is 10.00 Å². The smallest absolute Gasteiger partial charge is 0.238 e. The standard InChI is InChI=1S/C19H18N8OS/c20-8-13-1-2-16-18(24-13)28-11-15-10-26(4-5-27(15)16)9-14-7-17(23-12-22-14)25-19-21-3-6-29-19/h1-3,6-7,12,15H,4-5,9-11H2,(H,21,22,23,25). The minimum Gasteiger partial charge on any atom is -0.474 e. The number of anilines is 3. The molecular weight excluding hydrogens is 388 g/mol. The number of ether oxygens (including phenoxy) is 1. The van der Waals surface area contributed by atoms with Crippen molar-refractivity contribution in [2.75, 3.05) is 36.5 Å². The Morgan fingerprint density at radius 3 is 3.10 bits per heavy atom. The molecule has 146 valence electrons. The molecule has 5 rings (SSSR count). The summed E-state index contributed by atoms with van der Waals surface area (Å²) >= 11 is 1.53. The van der Waals surface area contributed by atoms with Gasteiger partial charge in [-0.05, 0) is 12.1 Å². The maximum Gasteiger partial charge on any atom is 0.238 e. The Hall–Kier alpha value is -3.29. The van der Waals surface area contributed by atoms with Crippen LogP contribution in [-0.2, 0) is 6.54 Å². The summed E-state index contributed by atoms with van der Waals surface area (Å²) in [4.78, 5) is 21.9. The molecule has 2 aliphatic heterocycles. The van der Waals surface area contributed by atoms with Crippen molar-refractivity contribution in [1.29, 1.82) is 5.26 Å². The zero-order chi connectivity index (χ0) is 19.6. The van der Waals surface area contributed by atoms with Crippen LogP contribution in [0.1, 0.15) is 11.4 Å². The lowest BCUT2D eigenvalue weighted by atomic mass is 10.1. The Kier molecular flexibility index (Phi) is 4.67. The van der Waals surface area contributed by atoms with Gasteiger partial charge in [0.2, 0.25) is 5.88 Å². The summed E-state index contributed by atoms with van der Waals surface area (Å²) in [5.74, 6) is 1.31. The Morgan fingerprint density at radius 1 is 1.28 bits per heavy atom. The van der Waals surface area contributed by atoms with Crippen molar-refractivity contribution in [2.45, 2.75) is 12.6 Å². The number of rotatable bonds is 4. The molecule has 0 radical (unpaired) electrons. The fraction of sp³-hybridized carbons (Fsp3) is 0.316. The van der Waals surface area contributed by atoms with E-state index in [-0.39, 0.29) is 6.04 Å². The molecule has 1 saturated heterocycles. The van der Waals surface area contributed by atoms with Crippen LogP contribution in [0.3, 0.4) is 0 Å². The van der Waals surface area contributed by atoms with Crippen LogP contribution >= 0.6 is 11.3 Å². The molecule has 2 aliphatic rings. The summed E-state index contributed by atoms with van der Waals surface area (Å²) < 4.78 is 5.84. The first-order chi connectivity index (χ1) is 14.3. The van der Waals surface area contributed by atoms with Gasteiger partial charge in [0, 0.05) is 43.8 Å². The predicted molar refractivity (Wildman–Crippen MR) is 108 cm³/mol. The van der Waals surface area contributed by atoms with Crippen LogP contribution < -0.4 is 15.0 Å². The highest BCUT2D eigenvalue weighted by Gasteiger charge is 2.33. The number of hydrogen-bond acceptors (Lipinski definition) is 10. The summed E-state index contributed by atoms with van der Waals surface area (Å²) in [6.45, 7) is 3.97. The second-order valence-corrected chi connectivity index (χ2v) is 7.78. The summed E-state index contributed by atoms with van der Waals surface area (Å²) in [6.07, 6.45) is 3.34. The van der Waals surface area contributed by atoms with Gasteiger partial charge in [-0.15, -0.1) is 11.3 Å². The average Bonchev–Trinajstić information content (AvgIpc) is 3.26. The third kappa shape index (κ3) is 3.70. The van der Waals surface area contributed by atoms with Crippen LogP contribution in [0, 0.1) is 11.3 Å². The highest BCUT2D eigenvalue weighted by atomic mass is 32.1. The molecule has 5 heterocycles. The van der Waals surface area contributed by atoms with Gasteiger partial charge < -0.3 is 15.0 Å². The zero-order valence-corrected chi connectivity index (χ0v) is 16.3. The number of aromatic nitrogens is 4. The normalized spacial score (nSPS) is 18.3. The monoisotopic (exact) mass is 406 g/mol. The molecule has 10 heteroatoms. The number of fused-ring (bicyclic) bond motifs is 3. The van der Waals surface area contributed by atoms with Crippen LogP contribution in [0.25, 0.3) is 0 Å². The maximum atomic E-state index is 9.03. The van der Waals surface area contributed by atoms with Gasteiger partial charge in [-0.1, -0.05) is 0 Å². The second kappa shape index (κ2) is 7.62. The molecule has 0 aliphatic carbocycles. The van der Waals surface area contributed by atoms with E-state index in [2.05, 4.69) is 41.1 Å². The van der Waals surface area contributed by atoms with Gasteiger partial charge in [-0.2, -0.15) is 5.26 Å². The van der Waals surface area contributed by atoms with Crippen LogP contribution in [0.5, 0.6) is 5.88 Å². The molecule has 0 spiro atoms. The maximum absolute atomic E-state index is 9.03. The summed E-state index contributed by atoms with van der Waals surface area (Å²) in [7, 11) is 0. The van der Waals surface area contributed by atoms with E-state index < -0.39 is 0 Å². The number of nitrogens with one attached hydrogen (secondary N) is 1. The SMILES string of the molecule is N#Cc1ccc2c(n1)OCC1CN(Cc3cc(Nc4nccs4)ncn3)CCN21. The molecule has 9 nitrogen and oxygen atoms in total. The van der Waals surface area contributed by atoms with Gasteiger partial charge >= 0.3 is 0 Å². The highest BCUT2D eigenvalue weighted by Crippen LogP contribution is 2.34. The number of hydrogen-bond donors (Lipinski definition) is 1. The van der Waals surface area contributed by atoms with E-state index >= 15 is 0 Å². The van der Waals surface area contributed by atoms with E-state index in [1.165, 1.54) is 11.3 Å². The Labute approximate surface area is 171 Å². The number of thiazole rings is 1. The Balaban J connectivity index is 1.26. The van der Waals surface area contributed by atoms with Gasteiger partial charge in [0.1, 0.15) is 36.2 Å². The minimum absolute atomic E-state index is 0.251. The quantitative estimate of drug-likeness (QED) is 0.697. The molecule has 0 bridgehead atoms. The second-order valence-electron chi connectivity index (χ2n) is 6.88. The predicted octanol–water partition coefficient (Wildman–Crippen LogP) is 2.03. The van der Waals surface area contributed by atoms with E-state index in [1.54, 1.807) is 18.6 Å². The molecule has 1 N–H and O–H groups in total. The van der Waals surface area contributed by atoms with Crippen molar-refractivity contribution in [3.05, 3.63) is 47.5 Å². The van der Waals surface area contributed by atoms with E-state index in [0.29, 0.717) is 18.2 Å². The number of piperazine rings is 1. The lowest BCUT2D eigenvalue weighted by Gasteiger charge is -2.45. The van der Waals surface area contributed by atoms with Crippen molar-refractivity contribution < 1.29 is 4.74 Å². The van der Waals surface area contributed by atoms with Crippen molar-refractivity contribution in [3.63, 3.8) is 0 Å². The molecule has 1 atom stereocenters. The molecular formula is C19H18N8OS. The van der Waals surface area contributed by atoms with Crippen LogP contribution in [0.2, 0.25) is 0 Å².